The van der Waals surface area contributed by atoms with Gasteiger partial charge in [0.25, 0.3) is 0 Å². The van der Waals surface area contributed by atoms with Gasteiger partial charge in [0, 0.05) is 13.2 Å². The van der Waals surface area contributed by atoms with Crippen LogP contribution in [0.5, 0.6) is 0 Å². The number of rotatable bonds is 13. The zero-order valence-electron chi connectivity index (χ0n) is 13.4. The van der Waals surface area contributed by atoms with E-state index >= 15 is 0 Å². The summed E-state index contributed by atoms with van der Waals surface area (Å²) in [6.45, 7) is 4.43. The summed E-state index contributed by atoms with van der Waals surface area (Å²) in [5.74, 6) is 0. The average Bonchev–Trinajstić information content (AvgIpc) is 2.49. The Morgan fingerprint density at radius 1 is 0.952 bits per heavy atom. The van der Waals surface area contributed by atoms with Crippen LogP contribution in [0.2, 0.25) is 6.82 Å². The van der Waals surface area contributed by atoms with Crippen LogP contribution in [0, 0.1) is 0 Å². The van der Waals surface area contributed by atoms with Gasteiger partial charge in [0.2, 0.25) is 0 Å². The maximum Gasteiger partial charge on any atom is 0.373 e. The van der Waals surface area contributed by atoms with Gasteiger partial charge in [-0.25, -0.2) is 0 Å². The monoisotopic (exact) mass is 291 g/mol. The first kappa shape index (κ1) is 18.2. The molecule has 0 aliphatic carbocycles. The van der Waals surface area contributed by atoms with Crippen LogP contribution >= 0.6 is 0 Å². The van der Waals surface area contributed by atoms with Gasteiger partial charge in [-0.1, -0.05) is 43.2 Å². The fourth-order valence-electron chi connectivity index (χ4n) is 2.27. The van der Waals surface area contributed by atoms with Crippen LogP contribution in [0.1, 0.15) is 44.1 Å². The van der Waals surface area contributed by atoms with Gasteiger partial charge < -0.3 is 15.0 Å². The summed E-state index contributed by atoms with van der Waals surface area (Å²) in [4.78, 5) is 0. The molecule has 0 radical (unpaired) electrons. The summed E-state index contributed by atoms with van der Waals surface area (Å²) in [5.41, 5.74) is 1.42. The van der Waals surface area contributed by atoms with Gasteiger partial charge in [-0.2, -0.15) is 0 Å². The van der Waals surface area contributed by atoms with Gasteiger partial charge in [-0.3, -0.25) is 0 Å². The van der Waals surface area contributed by atoms with Crippen LogP contribution in [0.15, 0.2) is 30.3 Å². The van der Waals surface area contributed by atoms with Crippen molar-refractivity contribution < 1.29 is 9.76 Å². The van der Waals surface area contributed by atoms with Crippen molar-refractivity contribution in [1.82, 2.24) is 5.23 Å². The van der Waals surface area contributed by atoms with E-state index in [-0.39, 0.29) is 7.05 Å². The molecule has 4 heteroatoms. The molecule has 0 saturated heterocycles. The molecule has 21 heavy (non-hydrogen) atoms. The highest BCUT2D eigenvalue weighted by atomic mass is 16.5. The fraction of sp³-hybridized carbons (Fsp3) is 0.647. The zero-order chi connectivity index (χ0) is 15.2. The van der Waals surface area contributed by atoms with Gasteiger partial charge in [-0.15, -0.1) is 0 Å². The van der Waals surface area contributed by atoms with Crippen LogP contribution in [-0.2, 0) is 11.2 Å². The van der Waals surface area contributed by atoms with E-state index in [4.69, 9.17) is 9.76 Å². The molecule has 0 saturated carbocycles. The molecule has 0 aliphatic heterocycles. The number of unbranched alkanes of at least 4 members (excludes halogenated alkanes) is 4. The Kier molecular flexibility index (Phi) is 11.2. The number of benzene rings is 1. The maximum absolute atomic E-state index is 9.04. The molecule has 3 nitrogen and oxygen atoms in total. The lowest BCUT2D eigenvalue weighted by Crippen LogP contribution is -2.31. The smallest absolute Gasteiger partial charge is 0.373 e. The Bertz CT molecular complexity index is 333. The van der Waals surface area contributed by atoms with Crippen molar-refractivity contribution in [3.8, 4) is 0 Å². The molecule has 0 bridgehead atoms. The van der Waals surface area contributed by atoms with E-state index in [1.165, 1.54) is 24.8 Å². The van der Waals surface area contributed by atoms with Crippen molar-refractivity contribution in [3.63, 3.8) is 0 Å². The first-order chi connectivity index (χ1) is 10.3. The topological polar surface area (TPSA) is 41.5 Å². The van der Waals surface area contributed by atoms with E-state index in [1.807, 2.05) is 0 Å². The highest BCUT2D eigenvalue weighted by molar-refractivity contribution is 6.45. The Morgan fingerprint density at radius 3 is 2.33 bits per heavy atom. The Morgan fingerprint density at radius 2 is 1.62 bits per heavy atom. The minimum Gasteiger partial charge on any atom is -0.437 e. The standard InChI is InChI=1S/C17H30BNO2/c1-18(20)19-14-8-2-3-9-15-21-16-10-7-13-17-11-5-4-6-12-17/h4-6,11-12,19-20H,2-3,7-10,13-16H2,1H3. The second-order valence-electron chi connectivity index (χ2n) is 5.60. The fourth-order valence-corrected chi connectivity index (χ4v) is 2.27. The normalized spacial score (nSPS) is 10.8. The molecule has 0 atom stereocenters. The lowest BCUT2D eigenvalue weighted by Gasteiger charge is -2.06. The summed E-state index contributed by atoms with van der Waals surface area (Å²) in [7, 11) is -0.385. The first-order valence-electron chi connectivity index (χ1n) is 8.32. The zero-order valence-corrected chi connectivity index (χ0v) is 13.4. The van der Waals surface area contributed by atoms with Crippen LogP contribution in [-0.4, -0.2) is 31.8 Å². The molecule has 0 amide bonds. The van der Waals surface area contributed by atoms with Crippen LogP contribution in [0.4, 0.5) is 0 Å². The molecule has 0 spiro atoms. The van der Waals surface area contributed by atoms with Crippen molar-refractivity contribution >= 4 is 7.05 Å². The molecule has 0 aliphatic rings. The summed E-state index contributed by atoms with van der Waals surface area (Å²) >= 11 is 0. The molecule has 118 valence electrons. The van der Waals surface area contributed by atoms with E-state index in [9.17, 15) is 0 Å². The van der Waals surface area contributed by atoms with Gasteiger partial charge >= 0.3 is 7.05 Å². The van der Waals surface area contributed by atoms with Crippen molar-refractivity contribution in [2.75, 3.05) is 19.8 Å². The summed E-state index contributed by atoms with van der Waals surface area (Å²) < 4.78 is 5.66. The number of aryl methyl sites for hydroxylation is 1. The quantitative estimate of drug-likeness (QED) is 0.433. The lowest BCUT2D eigenvalue weighted by molar-refractivity contribution is 0.126. The van der Waals surface area contributed by atoms with Crippen LogP contribution in [0.25, 0.3) is 0 Å². The van der Waals surface area contributed by atoms with Gasteiger partial charge in [0.1, 0.15) is 0 Å². The van der Waals surface area contributed by atoms with Gasteiger partial charge in [0.15, 0.2) is 0 Å². The number of nitrogens with one attached hydrogen (secondary N) is 1. The van der Waals surface area contributed by atoms with Crippen molar-refractivity contribution in [1.29, 1.82) is 0 Å². The third-order valence-electron chi connectivity index (χ3n) is 3.50. The highest BCUT2D eigenvalue weighted by Gasteiger charge is 1.99. The third-order valence-corrected chi connectivity index (χ3v) is 3.50. The minimum atomic E-state index is -0.385. The summed E-state index contributed by atoms with van der Waals surface area (Å²) in [6.07, 6.45) is 8.20. The second kappa shape index (κ2) is 12.9. The molecule has 1 aromatic rings. The molecule has 1 rings (SSSR count). The van der Waals surface area contributed by atoms with E-state index < -0.39 is 0 Å². The highest BCUT2D eigenvalue weighted by Crippen LogP contribution is 2.05. The lowest BCUT2D eigenvalue weighted by atomic mass is 9.89. The SMILES string of the molecule is CB(O)NCCCCCCOCCCCc1ccccc1. The Balaban J connectivity index is 1.77. The van der Waals surface area contributed by atoms with E-state index in [1.54, 1.807) is 6.82 Å². The third kappa shape index (κ3) is 11.5. The largest absolute Gasteiger partial charge is 0.437 e. The van der Waals surface area contributed by atoms with E-state index in [0.29, 0.717) is 0 Å². The number of hydrogen-bond donors (Lipinski definition) is 2. The molecular weight excluding hydrogens is 261 g/mol. The number of hydrogen-bond acceptors (Lipinski definition) is 3. The molecule has 0 unspecified atom stereocenters. The summed E-state index contributed by atoms with van der Waals surface area (Å²) in [5, 5.41) is 12.0. The molecule has 0 fully saturated rings. The average molecular weight is 291 g/mol. The predicted octanol–water partition coefficient (Wildman–Crippen LogP) is 3.29. The van der Waals surface area contributed by atoms with Crippen LogP contribution in [0.3, 0.4) is 0 Å². The van der Waals surface area contributed by atoms with Crippen LogP contribution < -0.4 is 5.23 Å². The van der Waals surface area contributed by atoms with Gasteiger partial charge in [0.05, 0.1) is 0 Å². The van der Waals surface area contributed by atoms with Crippen molar-refractivity contribution in [2.45, 2.75) is 51.8 Å². The van der Waals surface area contributed by atoms with E-state index in [0.717, 1.165) is 45.4 Å². The first-order valence-corrected chi connectivity index (χ1v) is 8.32. The molecule has 0 aromatic heterocycles. The second-order valence-corrected chi connectivity index (χ2v) is 5.60. The van der Waals surface area contributed by atoms with E-state index in [2.05, 4.69) is 35.6 Å². The molecule has 1 aromatic carbocycles. The minimum absolute atomic E-state index is 0.385. The maximum atomic E-state index is 9.04. The Labute approximate surface area is 130 Å². The van der Waals surface area contributed by atoms with Crippen molar-refractivity contribution in [3.05, 3.63) is 35.9 Å². The van der Waals surface area contributed by atoms with Gasteiger partial charge in [-0.05, 0) is 51.0 Å². The predicted molar refractivity (Wildman–Crippen MR) is 90.5 cm³/mol. The Hall–Kier alpha value is -0.835. The van der Waals surface area contributed by atoms with Crippen molar-refractivity contribution in [2.24, 2.45) is 0 Å². The molecular formula is C17H30BNO2. The molecule has 2 N–H and O–H groups in total. The molecule has 0 heterocycles. The summed E-state index contributed by atoms with van der Waals surface area (Å²) in [6, 6.07) is 10.6. The number of ether oxygens (including phenoxy) is 1.